The van der Waals surface area contributed by atoms with Crippen molar-refractivity contribution in [3.8, 4) is 0 Å². The van der Waals surface area contributed by atoms with Crippen LogP contribution in [0.5, 0.6) is 0 Å². The molecule has 3 rings (SSSR count). The second-order valence-electron chi connectivity index (χ2n) is 4.74. The standard InChI is InChI=1S/C17H16N2/c1-12-9-10-17(15(18)11-12)19-16-8-4-6-13-5-2-3-7-14(13)16/h2-11,19H,18H2,1H3. The number of rotatable bonds is 2. The van der Waals surface area contributed by atoms with Gasteiger partial charge in [-0.2, -0.15) is 0 Å². The van der Waals surface area contributed by atoms with Crippen LogP contribution in [0.25, 0.3) is 10.8 Å². The van der Waals surface area contributed by atoms with Gasteiger partial charge in [0.2, 0.25) is 0 Å². The molecule has 94 valence electrons. The predicted molar refractivity (Wildman–Crippen MR) is 82.8 cm³/mol. The maximum Gasteiger partial charge on any atom is 0.0618 e. The lowest BCUT2D eigenvalue weighted by Crippen LogP contribution is -1.97. The first-order valence-electron chi connectivity index (χ1n) is 6.35. The van der Waals surface area contributed by atoms with Crippen molar-refractivity contribution in [2.75, 3.05) is 11.1 Å². The Kier molecular flexibility index (Phi) is 2.84. The third-order valence-electron chi connectivity index (χ3n) is 3.27. The molecule has 0 bridgehead atoms. The summed E-state index contributed by atoms with van der Waals surface area (Å²) < 4.78 is 0. The van der Waals surface area contributed by atoms with E-state index in [2.05, 4.69) is 41.7 Å². The Morgan fingerprint density at radius 3 is 2.47 bits per heavy atom. The molecule has 19 heavy (non-hydrogen) atoms. The third-order valence-corrected chi connectivity index (χ3v) is 3.27. The number of hydrogen-bond donors (Lipinski definition) is 2. The number of anilines is 3. The first-order chi connectivity index (χ1) is 9.24. The van der Waals surface area contributed by atoms with Crippen LogP contribution in [0.4, 0.5) is 17.1 Å². The van der Waals surface area contributed by atoms with Crippen LogP contribution < -0.4 is 11.1 Å². The number of nitrogens with two attached hydrogens (primary N) is 1. The van der Waals surface area contributed by atoms with E-state index in [0.717, 1.165) is 17.1 Å². The second-order valence-corrected chi connectivity index (χ2v) is 4.74. The van der Waals surface area contributed by atoms with Crippen LogP contribution in [0.2, 0.25) is 0 Å². The Bertz CT molecular complexity index is 727. The van der Waals surface area contributed by atoms with Crippen LogP contribution >= 0.6 is 0 Å². The Balaban J connectivity index is 2.06. The Hall–Kier alpha value is -2.48. The highest BCUT2D eigenvalue weighted by molar-refractivity contribution is 5.96. The molecular weight excluding hydrogens is 232 g/mol. The summed E-state index contributed by atoms with van der Waals surface area (Å²) in [7, 11) is 0. The average molecular weight is 248 g/mol. The van der Waals surface area contributed by atoms with E-state index in [9.17, 15) is 0 Å². The summed E-state index contributed by atoms with van der Waals surface area (Å²) in [4.78, 5) is 0. The van der Waals surface area contributed by atoms with Gasteiger partial charge in [0, 0.05) is 11.1 Å². The number of fused-ring (bicyclic) bond motifs is 1. The first kappa shape index (κ1) is 11.6. The van der Waals surface area contributed by atoms with Crippen molar-refractivity contribution in [2.45, 2.75) is 6.92 Å². The van der Waals surface area contributed by atoms with Crippen molar-refractivity contribution in [1.82, 2.24) is 0 Å². The summed E-state index contributed by atoms with van der Waals surface area (Å²) >= 11 is 0. The molecule has 0 saturated heterocycles. The van der Waals surface area contributed by atoms with E-state index in [-0.39, 0.29) is 0 Å². The minimum atomic E-state index is 0.771. The predicted octanol–water partition coefficient (Wildman–Crippen LogP) is 4.47. The zero-order valence-corrected chi connectivity index (χ0v) is 10.9. The van der Waals surface area contributed by atoms with Crippen LogP contribution in [0.3, 0.4) is 0 Å². The molecule has 0 saturated carbocycles. The molecule has 3 N–H and O–H groups in total. The van der Waals surface area contributed by atoms with Gasteiger partial charge in [0.1, 0.15) is 0 Å². The van der Waals surface area contributed by atoms with E-state index in [1.165, 1.54) is 16.3 Å². The molecular formula is C17H16N2. The summed E-state index contributed by atoms with van der Waals surface area (Å²) in [6, 6.07) is 20.6. The fourth-order valence-corrected chi connectivity index (χ4v) is 2.28. The van der Waals surface area contributed by atoms with E-state index in [0.29, 0.717) is 0 Å². The molecule has 3 aromatic carbocycles. The van der Waals surface area contributed by atoms with Gasteiger partial charge in [0.15, 0.2) is 0 Å². The second kappa shape index (κ2) is 4.65. The molecule has 0 fully saturated rings. The first-order valence-corrected chi connectivity index (χ1v) is 6.35. The minimum absolute atomic E-state index is 0.771. The lowest BCUT2D eigenvalue weighted by Gasteiger charge is -2.12. The lowest BCUT2D eigenvalue weighted by atomic mass is 10.1. The van der Waals surface area contributed by atoms with E-state index in [1.807, 2.05) is 31.2 Å². The van der Waals surface area contributed by atoms with Crippen LogP contribution in [-0.4, -0.2) is 0 Å². The quantitative estimate of drug-likeness (QED) is 0.656. The maximum absolute atomic E-state index is 6.05. The highest BCUT2D eigenvalue weighted by Crippen LogP contribution is 2.29. The highest BCUT2D eigenvalue weighted by Gasteiger charge is 2.03. The lowest BCUT2D eigenvalue weighted by molar-refractivity contribution is 1.46. The minimum Gasteiger partial charge on any atom is -0.397 e. The van der Waals surface area contributed by atoms with Crippen molar-refractivity contribution < 1.29 is 0 Å². The van der Waals surface area contributed by atoms with Crippen LogP contribution in [-0.2, 0) is 0 Å². The molecule has 0 aliphatic carbocycles. The van der Waals surface area contributed by atoms with Crippen molar-refractivity contribution in [3.63, 3.8) is 0 Å². The molecule has 0 aliphatic rings. The van der Waals surface area contributed by atoms with Gasteiger partial charge < -0.3 is 11.1 Å². The largest absolute Gasteiger partial charge is 0.397 e. The van der Waals surface area contributed by atoms with Crippen molar-refractivity contribution in [2.24, 2.45) is 0 Å². The summed E-state index contributed by atoms with van der Waals surface area (Å²) in [5.41, 5.74) is 10.0. The van der Waals surface area contributed by atoms with Gasteiger partial charge in [-0.3, -0.25) is 0 Å². The smallest absolute Gasteiger partial charge is 0.0618 e. The van der Waals surface area contributed by atoms with Gasteiger partial charge in [-0.15, -0.1) is 0 Å². The van der Waals surface area contributed by atoms with Crippen LogP contribution in [0.1, 0.15) is 5.56 Å². The van der Waals surface area contributed by atoms with Crippen LogP contribution in [0, 0.1) is 6.92 Å². The molecule has 3 aromatic rings. The number of nitrogens with one attached hydrogen (secondary N) is 1. The molecule has 2 nitrogen and oxygen atoms in total. The van der Waals surface area contributed by atoms with Crippen LogP contribution in [0.15, 0.2) is 60.7 Å². The number of benzene rings is 3. The van der Waals surface area contributed by atoms with E-state index in [1.54, 1.807) is 0 Å². The number of aryl methyl sites for hydroxylation is 1. The molecule has 0 aliphatic heterocycles. The highest BCUT2D eigenvalue weighted by atomic mass is 14.9. The zero-order valence-electron chi connectivity index (χ0n) is 10.9. The Morgan fingerprint density at radius 2 is 1.63 bits per heavy atom. The molecule has 0 radical (unpaired) electrons. The molecule has 0 atom stereocenters. The summed E-state index contributed by atoms with van der Waals surface area (Å²) in [6.07, 6.45) is 0. The SMILES string of the molecule is Cc1ccc(Nc2cccc3ccccc23)c(N)c1. The monoisotopic (exact) mass is 248 g/mol. The van der Waals surface area contributed by atoms with E-state index in [4.69, 9.17) is 5.73 Å². The Labute approximate surface area is 112 Å². The van der Waals surface area contributed by atoms with E-state index < -0.39 is 0 Å². The zero-order chi connectivity index (χ0) is 13.2. The number of nitrogen functional groups attached to an aromatic ring is 1. The normalized spacial score (nSPS) is 10.6. The molecule has 0 spiro atoms. The fraction of sp³-hybridized carbons (Fsp3) is 0.0588. The van der Waals surface area contributed by atoms with Crippen molar-refractivity contribution in [1.29, 1.82) is 0 Å². The summed E-state index contributed by atoms with van der Waals surface area (Å²) in [5.74, 6) is 0. The summed E-state index contributed by atoms with van der Waals surface area (Å²) in [6.45, 7) is 2.04. The molecule has 0 amide bonds. The summed E-state index contributed by atoms with van der Waals surface area (Å²) in [5, 5.41) is 5.84. The van der Waals surface area contributed by atoms with Crippen molar-refractivity contribution in [3.05, 3.63) is 66.2 Å². The van der Waals surface area contributed by atoms with Gasteiger partial charge in [-0.25, -0.2) is 0 Å². The maximum atomic E-state index is 6.05. The van der Waals surface area contributed by atoms with Crippen molar-refractivity contribution >= 4 is 27.8 Å². The average Bonchev–Trinajstić information content (AvgIpc) is 2.42. The van der Waals surface area contributed by atoms with Gasteiger partial charge in [0.05, 0.1) is 11.4 Å². The molecule has 0 unspecified atom stereocenters. The van der Waals surface area contributed by atoms with Gasteiger partial charge in [0.25, 0.3) is 0 Å². The van der Waals surface area contributed by atoms with Gasteiger partial charge in [-0.1, -0.05) is 42.5 Å². The topological polar surface area (TPSA) is 38.0 Å². The van der Waals surface area contributed by atoms with Gasteiger partial charge in [-0.05, 0) is 36.1 Å². The fourth-order valence-electron chi connectivity index (χ4n) is 2.28. The van der Waals surface area contributed by atoms with E-state index >= 15 is 0 Å². The van der Waals surface area contributed by atoms with Gasteiger partial charge >= 0.3 is 0 Å². The molecule has 2 heteroatoms. The molecule has 0 heterocycles. The third kappa shape index (κ3) is 2.25. The Morgan fingerprint density at radius 1 is 0.842 bits per heavy atom. The molecule has 0 aromatic heterocycles. The number of hydrogen-bond acceptors (Lipinski definition) is 2.